The number of nitrogens with two attached hydrogens (primary N) is 1. The van der Waals surface area contributed by atoms with Crippen LogP contribution in [-0.4, -0.2) is 25.0 Å². The molecule has 17 heavy (non-hydrogen) atoms. The Hall–Kier alpha value is -0.860. The molecule has 2 nitrogen and oxygen atoms in total. The zero-order chi connectivity index (χ0) is 12.7. The van der Waals surface area contributed by atoms with E-state index in [-0.39, 0.29) is 0 Å². The van der Waals surface area contributed by atoms with E-state index in [0.717, 1.165) is 19.6 Å². The monoisotopic (exact) mass is 234 g/mol. The molecule has 0 saturated heterocycles. The highest BCUT2D eigenvalue weighted by Crippen LogP contribution is 2.10. The van der Waals surface area contributed by atoms with Crippen molar-refractivity contribution in [1.29, 1.82) is 0 Å². The quantitative estimate of drug-likeness (QED) is 0.786. The SMILES string of the molecule is Cc1ccccc1CN(C)CCCC(C)CN. The zero-order valence-corrected chi connectivity index (χ0v) is 11.4. The third-order valence-electron chi connectivity index (χ3n) is 3.34. The van der Waals surface area contributed by atoms with Crippen molar-refractivity contribution in [3.63, 3.8) is 0 Å². The average molecular weight is 234 g/mol. The lowest BCUT2D eigenvalue weighted by Gasteiger charge is -2.18. The van der Waals surface area contributed by atoms with Crippen molar-refractivity contribution in [2.24, 2.45) is 11.7 Å². The highest BCUT2D eigenvalue weighted by Gasteiger charge is 2.04. The lowest BCUT2D eigenvalue weighted by Crippen LogP contribution is -2.21. The minimum atomic E-state index is 0.655. The van der Waals surface area contributed by atoms with E-state index in [0.29, 0.717) is 5.92 Å². The van der Waals surface area contributed by atoms with E-state index in [1.807, 2.05) is 0 Å². The Morgan fingerprint density at radius 3 is 2.65 bits per heavy atom. The van der Waals surface area contributed by atoms with Crippen LogP contribution in [0.2, 0.25) is 0 Å². The zero-order valence-electron chi connectivity index (χ0n) is 11.4. The maximum absolute atomic E-state index is 5.62. The molecule has 96 valence electrons. The van der Waals surface area contributed by atoms with Gasteiger partial charge in [0, 0.05) is 6.54 Å². The first-order valence-corrected chi connectivity index (χ1v) is 6.56. The molecule has 1 aromatic rings. The Morgan fingerprint density at radius 1 is 1.29 bits per heavy atom. The van der Waals surface area contributed by atoms with Gasteiger partial charge in [-0.15, -0.1) is 0 Å². The van der Waals surface area contributed by atoms with Crippen LogP contribution in [0, 0.1) is 12.8 Å². The van der Waals surface area contributed by atoms with Gasteiger partial charge < -0.3 is 10.6 Å². The van der Waals surface area contributed by atoms with E-state index < -0.39 is 0 Å². The minimum Gasteiger partial charge on any atom is -0.330 e. The third kappa shape index (κ3) is 5.33. The molecule has 0 aliphatic heterocycles. The van der Waals surface area contributed by atoms with Gasteiger partial charge in [-0.3, -0.25) is 0 Å². The molecule has 0 bridgehead atoms. The second-order valence-corrected chi connectivity index (χ2v) is 5.15. The molecule has 1 rings (SSSR count). The van der Waals surface area contributed by atoms with Crippen LogP contribution in [0.5, 0.6) is 0 Å². The van der Waals surface area contributed by atoms with Crippen molar-refractivity contribution in [2.75, 3.05) is 20.1 Å². The maximum atomic E-state index is 5.62. The van der Waals surface area contributed by atoms with Crippen LogP contribution in [-0.2, 0) is 6.54 Å². The van der Waals surface area contributed by atoms with Crippen molar-refractivity contribution in [2.45, 2.75) is 33.2 Å². The van der Waals surface area contributed by atoms with Crippen LogP contribution in [0.4, 0.5) is 0 Å². The molecule has 0 aliphatic carbocycles. The van der Waals surface area contributed by atoms with Crippen LogP contribution in [0.25, 0.3) is 0 Å². The van der Waals surface area contributed by atoms with Gasteiger partial charge in [0.1, 0.15) is 0 Å². The largest absolute Gasteiger partial charge is 0.330 e. The number of benzene rings is 1. The number of hydrogen-bond acceptors (Lipinski definition) is 2. The Morgan fingerprint density at radius 2 is 2.00 bits per heavy atom. The highest BCUT2D eigenvalue weighted by molar-refractivity contribution is 5.25. The number of aryl methyl sites for hydroxylation is 1. The van der Waals surface area contributed by atoms with Crippen LogP contribution in [0.1, 0.15) is 30.9 Å². The Bertz CT molecular complexity index is 322. The molecule has 0 radical (unpaired) electrons. The van der Waals surface area contributed by atoms with Crippen LogP contribution >= 0.6 is 0 Å². The third-order valence-corrected chi connectivity index (χ3v) is 3.34. The summed E-state index contributed by atoms with van der Waals surface area (Å²) in [6, 6.07) is 8.61. The summed E-state index contributed by atoms with van der Waals surface area (Å²) in [6.07, 6.45) is 2.47. The van der Waals surface area contributed by atoms with Gasteiger partial charge in [0.05, 0.1) is 0 Å². The summed E-state index contributed by atoms with van der Waals surface area (Å²) < 4.78 is 0. The lowest BCUT2D eigenvalue weighted by molar-refractivity contribution is 0.308. The van der Waals surface area contributed by atoms with Crippen molar-refractivity contribution >= 4 is 0 Å². The van der Waals surface area contributed by atoms with E-state index in [1.165, 1.54) is 24.0 Å². The molecule has 2 heteroatoms. The normalized spacial score (nSPS) is 13.0. The van der Waals surface area contributed by atoms with E-state index in [9.17, 15) is 0 Å². The summed E-state index contributed by atoms with van der Waals surface area (Å²) in [5.41, 5.74) is 8.43. The summed E-state index contributed by atoms with van der Waals surface area (Å²) in [4.78, 5) is 2.39. The van der Waals surface area contributed by atoms with Gasteiger partial charge in [-0.2, -0.15) is 0 Å². The van der Waals surface area contributed by atoms with E-state index in [4.69, 9.17) is 5.73 Å². The number of rotatable bonds is 7. The van der Waals surface area contributed by atoms with Gasteiger partial charge in [-0.1, -0.05) is 31.2 Å². The van der Waals surface area contributed by atoms with Crippen molar-refractivity contribution in [3.8, 4) is 0 Å². The molecular formula is C15H26N2. The number of nitrogens with zero attached hydrogens (tertiary/aromatic N) is 1. The second kappa shape index (κ2) is 7.46. The fourth-order valence-corrected chi connectivity index (χ4v) is 1.98. The first-order chi connectivity index (χ1) is 8.13. The molecule has 0 heterocycles. The summed E-state index contributed by atoms with van der Waals surface area (Å²) in [5.74, 6) is 0.655. The van der Waals surface area contributed by atoms with E-state index in [1.54, 1.807) is 0 Å². The molecule has 0 amide bonds. The molecule has 2 N–H and O–H groups in total. The summed E-state index contributed by atoms with van der Waals surface area (Å²) >= 11 is 0. The fourth-order valence-electron chi connectivity index (χ4n) is 1.98. The van der Waals surface area contributed by atoms with Crippen molar-refractivity contribution in [3.05, 3.63) is 35.4 Å². The lowest BCUT2D eigenvalue weighted by atomic mass is 10.1. The predicted molar refractivity (Wildman–Crippen MR) is 75.0 cm³/mol. The first-order valence-electron chi connectivity index (χ1n) is 6.56. The molecule has 0 saturated carbocycles. The summed E-state index contributed by atoms with van der Waals surface area (Å²) in [5, 5.41) is 0. The number of hydrogen-bond donors (Lipinski definition) is 1. The summed E-state index contributed by atoms with van der Waals surface area (Å²) in [6.45, 7) is 7.41. The first kappa shape index (κ1) is 14.2. The van der Waals surface area contributed by atoms with E-state index >= 15 is 0 Å². The van der Waals surface area contributed by atoms with Gasteiger partial charge >= 0.3 is 0 Å². The van der Waals surface area contributed by atoms with Gasteiger partial charge in [0.15, 0.2) is 0 Å². The molecule has 1 aromatic carbocycles. The highest BCUT2D eigenvalue weighted by atomic mass is 15.1. The molecule has 0 aromatic heterocycles. The van der Waals surface area contributed by atoms with Gasteiger partial charge in [-0.25, -0.2) is 0 Å². The minimum absolute atomic E-state index is 0.655. The summed E-state index contributed by atoms with van der Waals surface area (Å²) in [7, 11) is 2.19. The van der Waals surface area contributed by atoms with Crippen LogP contribution in [0.3, 0.4) is 0 Å². The van der Waals surface area contributed by atoms with E-state index in [2.05, 4.69) is 50.1 Å². The van der Waals surface area contributed by atoms with Gasteiger partial charge in [0.2, 0.25) is 0 Å². The molecule has 0 aliphatic rings. The fraction of sp³-hybridized carbons (Fsp3) is 0.600. The molecular weight excluding hydrogens is 208 g/mol. The molecule has 1 unspecified atom stereocenters. The van der Waals surface area contributed by atoms with Gasteiger partial charge in [-0.05, 0) is 56.9 Å². The second-order valence-electron chi connectivity index (χ2n) is 5.15. The Balaban J connectivity index is 2.30. The average Bonchev–Trinajstić information content (AvgIpc) is 2.32. The Labute approximate surface area is 106 Å². The van der Waals surface area contributed by atoms with Gasteiger partial charge in [0.25, 0.3) is 0 Å². The predicted octanol–water partition coefficient (Wildman–Crippen LogP) is 2.80. The van der Waals surface area contributed by atoms with Crippen LogP contribution < -0.4 is 5.73 Å². The topological polar surface area (TPSA) is 29.3 Å². The molecule has 0 fully saturated rings. The Kier molecular flexibility index (Phi) is 6.23. The standard InChI is InChI=1S/C15H26N2/c1-13(11-16)7-6-10-17(3)12-15-9-5-4-8-14(15)2/h4-5,8-9,13H,6-7,10-12,16H2,1-3H3. The smallest absolute Gasteiger partial charge is 0.0233 e. The molecule has 0 spiro atoms. The maximum Gasteiger partial charge on any atom is 0.0233 e. The van der Waals surface area contributed by atoms with Crippen molar-refractivity contribution < 1.29 is 0 Å². The van der Waals surface area contributed by atoms with Crippen LogP contribution in [0.15, 0.2) is 24.3 Å². The molecule has 1 atom stereocenters. The van der Waals surface area contributed by atoms with Crippen molar-refractivity contribution in [1.82, 2.24) is 4.90 Å².